The zero-order valence-electron chi connectivity index (χ0n) is 13.6. The zero-order valence-corrected chi connectivity index (χ0v) is 13.6. The van der Waals surface area contributed by atoms with Gasteiger partial charge in [-0.05, 0) is 31.6 Å². The summed E-state index contributed by atoms with van der Waals surface area (Å²) in [6.45, 7) is 5.71. The Bertz CT molecular complexity index is 586. The van der Waals surface area contributed by atoms with Gasteiger partial charge in [0.05, 0.1) is 12.4 Å². The summed E-state index contributed by atoms with van der Waals surface area (Å²) in [5, 5.41) is 8.77. The van der Waals surface area contributed by atoms with E-state index in [2.05, 4.69) is 26.7 Å². The standard InChI is InChI=1S/C17H23N5O/c1-13-3-2-6-22(12-13)17(23)14-4-7-21(8-5-14)16-11-19-15(9-18)10-20-16/h10-11,13-14H,2-8,12H2,1H3. The topological polar surface area (TPSA) is 73.1 Å². The second kappa shape index (κ2) is 6.95. The lowest BCUT2D eigenvalue weighted by Gasteiger charge is -2.37. The SMILES string of the molecule is CC1CCCN(C(=O)C2CCN(c3cnc(C#N)cn3)CC2)C1. The number of likely N-dealkylation sites (tertiary alicyclic amines) is 1. The number of hydrogen-bond donors (Lipinski definition) is 0. The molecule has 3 heterocycles. The number of anilines is 1. The second-order valence-corrected chi connectivity index (χ2v) is 6.66. The van der Waals surface area contributed by atoms with Gasteiger partial charge in [0, 0.05) is 32.1 Å². The maximum Gasteiger partial charge on any atom is 0.225 e. The minimum absolute atomic E-state index is 0.142. The molecule has 0 aromatic carbocycles. The van der Waals surface area contributed by atoms with Crippen molar-refractivity contribution in [2.45, 2.75) is 32.6 Å². The number of hydrogen-bond acceptors (Lipinski definition) is 5. The highest BCUT2D eigenvalue weighted by Crippen LogP contribution is 2.25. The van der Waals surface area contributed by atoms with E-state index in [0.29, 0.717) is 17.5 Å². The number of nitriles is 1. The van der Waals surface area contributed by atoms with Crippen LogP contribution in [-0.2, 0) is 4.79 Å². The van der Waals surface area contributed by atoms with Gasteiger partial charge in [-0.15, -0.1) is 0 Å². The summed E-state index contributed by atoms with van der Waals surface area (Å²) >= 11 is 0. The van der Waals surface area contributed by atoms with Crippen molar-refractivity contribution in [1.29, 1.82) is 5.26 Å². The number of piperidine rings is 2. The van der Waals surface area contributed by atoms with Gasteiger partial charge in [-0.3, -0.25) is 4.79 Å². The van der Waals surface area contributed by atoms with Crippen molar-refractivity contribution in [3.05, 3.63) is 18.1 Å². The van der Waals surface area contributed by atoms with E-state index in [1.54, 1.807) is 6.20 Å². The van der Waals surface area contributed by atoms with Gasteiger partial charge in [-0.2, -0.15) is 5.26 Å². The Morgan fingerprint density at radius 3 is 2.61 bits per heavy atom. The molecule has 1 amide bonds. The average molecular weight is 313 g/mol. The molecule has 0 bridgehead atoms. The van der Waals surface area contributed by atoms with Crippen molar-refractivity contribution in [3.63, 3.8) is 0 Å². The minimum atomic E-state index is 0.142. The van der Waals surface area contributed by atoms with Gasteiger partial charge in [0.1, 0.15) is 11.9 Å². The first-order valence-corrected chi connectivity index (χ1v) is 8.43. The third kappa shape index (κ3) is 3.61. The fraction of sp³-hybridized carbons (Fsp3) is 0.647. The van der Waals surface area contributed by atoms with Crippen LogP contribution in [0.1, 0.15) is 38.3 Å². The lowest BCUT2D eigenvalue weighted by atomic mass is 9.93. The van der Waals surface area contributed by atoms with Gasteiger partial charge in [-0.1, -0.05) is 6.92 Å². The van der Waals surface area contributed by atoms with Crippen LogP contribution in [0.2, 0.25) is 0 Å². The van der Waals surface area contributed by atoms with E-state index in [9.17, 15) is 4.79 Å². The van der Waals surface area contributed by atoms with Crippen LogP contribution in [0, 0.1) is 23.2 Å². The predicted octanol–water partition coefficient (Wildman–Crippen LogP) is 1.82. The zero-order chi connectivity index (χ0) is 16.2. The maximum atomic E-state index is 12.7. The summed E-state index contributed by atoms with van der Waals surface area (Å²) in [4.78, 5) is 25.2. The second-order valence-electron chi connectivity index (χ2n) is 6.66. The summed E-state index contributed by atoms with van der Waals surface area (Å²) in [5.74, 6) is 1.90. The van der Waals surface area contributed by atoms with Crippen LogP contribution >= 0.6 is 0 Å². The van der Waals surface area contributed by atoms with Crippen molar-refractivity contribution < 1.29 is 4.79 Å². The third-order valence-corrected chi connectivity index (χ3v) is 4.89. The van der Waals surface area contributed by atoms with Crippen molar-refractivity contribution in [2.75, 3.05) is 31.1 Å². The Kier molecular flexibility index (Phi) is 4.75. The fourth-order valence-electron chi connectivity index (χ4n) is 3.55. The van der Waals surface area contributed by atoms with E-state index < -0.39 is 0 Å². The molecule has 0 spiro atoms. The number of carbonyl (C=O) groups is 1. The van der Waals surface area contributed by atoms with Crippen LogP contribution in [0.25, 0.3) is 0 Å². The number of amides is 1. The largest absolute Gasteiger partial charge is 0.355 e. The molecule has 0 aliphatic carbocycles. The van der Waals surface area contributed by atoms with Gasteiger partial charge in [0.25, 0.3) is 0 Å². The molecule has 6 heteroatoms. The van der Waals surface area contributed by atoms with Crippen LogP contribution in [0.3, 0.4) is 0 Å². The molecule has 1 atom stereocenters. The van der Waals surface area contributed by atoms with Gasteiger partial charge >= 0.3 is 0 Å². The predicted molar refractivity (Wildman–Crippen MR) is 86.7 cm³/mol. The molecule has 2 fully saturated rings. The molecule has 0 N–H and O–H groups in total. The van der Waals surface area contributed by atoms with E-state index >= 15 is 0 Å². The van der Waals surface area contributed by atoms with Gasteiger partial charge in [0.15, 0.2) is 5.69 Å². The minimum Gasteiger partial charge on any atom is -0.355 e. The van der Waals surface area contributed by atoms with Gasteiger partial charge in [-0.25, -0.2) is 9.97 Å². The molecule has 2 aliphatic heterocycles. The molecule has 3 rings (SSSR count). The van der Waals surface area contributed by atoms with E-state index in [4.69, 9.17) is 5.26 Å². The summed E-state index contributed by atoms with van der Waals surface area (Å²) in [7, 11) is 0. The molecule has 2 aliphatic rings. The Labute approximate surface area is 137 Å². The van der Waals surface area contributed by atoms with Crippen molar-refractivity contribution in [2.24, 2.45) is 11.8 Å². The highest BCUT2D eigenvalue weighted by molar-refractivity contribution is 5.79. The molecule has 1 aromatic heterocycles. The molecule has 0 saturated carbocycles. The molecule has 23 heavy (non-hydrogen) atoms. The van der Waals surface area contributed by atoms with Crippen LogP contribution in [0.5, 0.6) is 0 Å². The summed E-state index contributed by atoms with van der Waals surface area (Å²) in [6.07, 6.45) is 7.25. The quantitative estimate of drug-likeness (QED) is 0.833. The molecule has 1 unspecified atom stereocenters. The van der Waals surface area contributed by atoms with E-state index in [0.717, 1.165) is 51.3 Å². The Morgan fingerprint density at radius 1 is 1.22 bits per heavy atom. The van der Waals surface area contributed by atoms with Crippen LogP contribution in [-0.4, -0.2) is 47.0 Å². The van der Waals surface area contributed by atoms with Crippen molar-refractivity contribution in [1.82, 2.24) is 14.9 Å². The Balaban J connectivity index is 1.55. The number of nitrogens with zero attached hydrogens (tertiary/aromatic N) is 5. The molecular formula is C17H23N5O. The molecule has 0 radical (unpaired) electrons. The van der Waals surface area contributed by atoms with E-state index in [1.807, 2.05) is 6.07 Å². The molecule has 6 nitrogen and oxygen atoms in total. The third-order valence-electron chi connectivity index (χ3n) is 4.89. The number of rotatable bonds is 2. The highest BCUT2D eigenvalue weighted by atomic mass is 16.2. The smallest absolute Gasteiger partial charge is 0.225 e. The van der Waals surface area contributed by atoms with Crippen molar-refractivity contribution >= 4 is 11.7 Å². The monoisotopic (exact) mass is 313 g/mol. The summed E-state index contributed by atoms with van der Waals surface area (Å²) < 4.78 is 0. The Morgan fingerprint density at radius 2 is 2.00 bits per heavy atom. The first-order valence-electron chi connectivity index (χ1n) is 8.43. The lowest BCUT2D eigenvalue weighted by molar-refractivity contribution is -0.137. The number of carbonyl (C=O) groups excluding carboxylic acids is 1. The average Bonchev–Trinajstić information content (AvgIpc) is 2.61. The number of aromatic nitrogens is 2. The normalized spacial score (nSPS) is 22.7. The van der Waals surface area contributed by atoms with E-state index in [-0.39, 0.29) is 5.92 Å². The highest BCUT2D eigenvalue weighted by Gasteiger charge is 2.30. The van der Waals surface area contributed by atoms with Crippen molar-refractivity contribution in [3.8, 4) is 6.07 Å². The first kappa shape index (κ1) is 15.7. The van der Waals surface area contributed by atoms with Gasteiger partial charge < -0.3 is 9.80 Å². The lowest BCUT2D eigenvalue weighted by Crippen LogP contribution is -2.46. The molecule has 1 aromatic rings. The summed E-state index contributed by atoms with van der Waals surface area (Å²) in [6, 6.07) is 1.98. The Hall–Kier alpha value is -2.16. The first-order chi connectivity index (χ1) is 11.2. The molecule has 122 valence electrons. The van der Waals surface area contributed by atoms with Crippen LogP contribution in [0.4, 0.5) is 5.82 Å². The van der Waals surface area contributed by atoms with E-state index in [1.165, 1.54) is 12.6 Å². The molecular weight excluding hydrogens is 290 g/mol. The maximum absolute atomic E-state index is 12.7. The van der Waals surface area contributed by atoms with Gasteiger partial charge in [0.2, 0.25) is 5.91 Å². The van der Waals surface area contributed by atoms with Crippen LogP contribution in [0.15, 0.2) is 12.4 Å². The van der Waals surface area contributed by atoms with Crippen LogP contribution < -0.4 is 4.90 Å². The molecule has 2 saturated heterocycles. The fourth-order valence-corrected chi connectivity index (χ4v) is 3.55. The summed E-state index contributed by atoms with van der Waals surface area (Å²) in [5.41, 5.74) is 0.332.